The first kappa shape index (κ1) is 19.4. The minimum Gasteiger partial charge on any atom is -0.496 e. The van der Waals surface area contributed by atoms with Crippen molar-refractivity contribution in [2.45, 2.75) is 26.7 Å². The summed E-state index contributed by atoms with van der Waals surface area (Å²) < 4.78 is 12.7. The Balaban J connectivity index is 1.61. The van der Waals surface area contributed by atoms with E-state index in [2.05, 4.69) is 0 Å². The number of hydrogen-bond donors (Lipinski definition) is 0. The van der Waals surface area contributed by atoms with E-state index >= 15 is 0 Å². The third-order valence-electron chi connectivity index (χ3n) is 5.50. The topological polar surface area (TPSA) is 69.0 Å². The van der Waals surface area contributed by atoms with E-state index in [1.54, 1.807) is 7.11 Å². The minimum atomic E-state index is 0.169. The fraction of sp³-hybridized carbons (Fsp3) is 0.409. The molecule has 0 radical (unpaired) electrons. The van der Waals surface area contributed by atoms with Crippen LogP contribution in [0.15, 0.2) is 30.3 Å². The van der Waals surface area contributed by atoms with Gasteiger partial charge in [0.1, 0.15) is 5.75 Å². The van der Waals surface area contributed by atoms with Crippen molar-refractivity contribution in [2.24, 2.45) is 0 Å². The van der Waals surface area contributed by atoms with Crippen molar-refractivity contribution < 1.29 is 14.3 Å². The molecule has 1 saturated heterocycles. The summed E-state index contributed by atoms with van der Waals surface area (Å²) in [5.74, 6) is 0.948. The van der Waals surface area contributed by atoms with Crippen LogP contribution in [0.2, 0.25) is 0 Å². The molecule has 0 aliphatic carbocycles. The smallest absolute Gasteiger partial charge is 0.223 e. The molecule has 1 amide bonds. The molecule has 1 fully saturated rings. The third kappa shape index (κ3) is 3.82. The van der Waals surface area contributed by atoms with Crippen LogP contribution in [0.4, 0.5) is 0 Å². The molecule has 0 unspecified atom stereocenters. The van der Waals surface area contributed by atoms with Crippen LogP contribution < -0.4 is 4.74 Å². The molecular formula is C22H26N4O3. The predicted molar refractivity (Wildman–Crippen MR) is 110 cm³/mol. The number of carbonyl (C=O) groups excluding carboxylic acids is 1. The van der Waals surface area contributed by atoms with Crippen LogP contribution in [0.3, 0.4) is 0 Å². The van der Waals surface area contributed by atoms with Gasteiger partial charge in [-0.25, -0.2) is 9.50 Å². The fourth-order valence-corrected chi connectivity index (χ4v) is 3.88. The third-order valence-corrected chi connectivity index (χ3v) is 5.50. The second-order valence-corrected chi connectivity index (χ2v) is 7.25. The molecule has 152 valence electrons. The van der Waals surface area contributed by atoms with Crippen LogP contribution >= 0.6 is 0 Å². The number of benzene rings is 1. The van der Waals surface area contributed by atoms with Crippen molar-refractivity contribution in [3.63, 3.8) is 0 Å². The highest BCUT2D eigenvalue weighted by Crippen LogP contribution is 2.30. The lowest BCUT2D eigenvalue weighted by atomic mass is 10.1. The number of ether oxygens (including phenoxy) is 2. The normalized spacial score (nSPS) is 14.4. The molecule has 4 rings (SSSR count). The molecule has 0 saturated carbocycles. The molecule has 0 atom stereocenters. The summed E-state index contributed by atoms with van der Waals surface area (Å²) >= 11 is 0. The van der Waals surface area contributed by atoms with Crippen LogP contribution in [-0.4, -0.2) is 58.8 Å². The van der Waals surface area contributed by atoms with E-state index in [1.165, 1.54) is 0 Å². The average molecular weight is 394 g/mol. The molecule has 0 spiro atoms. The highest BCUT2D eigenvalue weighted by molar-refractivity contribution is 5.76. The SMILES string of the molecule is COc1ccccc1-c1cc2nc(C)c(CCC(=O)N3CCOCC3)c(C)n2n1. The number of morpholine rings is 1. The Kier molecular flexibility index (Phi) is 5.49. The Hall–Kier alpha value is -2.93. The molecular weight excluding hydrogens is 368 g/mol. The number of fused-ring (bicyclic) bond motifs is 1. The first-order chi connectivity index (χ1) is 14.1. The van der Waals surface area contributed by atoms with Gasteiger partial charge in [-0.05, 0) is 38.0 Å². The second kappa shape index (κ2) is 8.21. The van der Waals surface area contributed by atoms with Gasteiger partial charge < -0.3 is 14.4 Å². The van der Waals surface area contributed by atoms with E-state index in [9.17, 15) is 4.79 Å². The zero-order chi connectivity index (χ0) is 20.4. The molecule has 7 heteroatoms. The molecule has 7 nitrogen and oxygen atoms in total. The van der Waals surface area contributed by atoms with Crippen LogP contribution in [0.1, 0.15) is 23.4 Å². The summed E-state index contributed by atoms with van der Waals surface area (Å²) in [5, 5.41) is 4.77. The van der Waals surface area contributed by atoms with Gasteiger partial charge in [0.2, 0.25) is 5.91 Å². The Morgan fingerprint density at radius 3 is 2.72 bits per heavy atom. The van der Waals surface area contributed by atoms with Crippen molar-refractivity contribution in [2.75, 3.05) is 33.4 Å². The number of amides is 1. The van der Waals surface area contributed by atoms with Gasteiger partial charge in [-0.1, -0.05) is 12.1 Å². The van der Waals surface area contributed by atoms with Crippen LogP contribution in [0.25, 0.3) is 16.9 Å². The number of carbonyl (C=O) groups is 1. The number of nitrogens with zero attached hydrogens (tertiary/aromatic N) is 4. The Bertz CT molecular complexity index is 1040. The molecule has 1 aliphatic heterocycles. The Morgan fingerprint density at radius 1 is 1.21 bits per heavy atom. The van der Waals surface area contributed by atoms with Gasteiger partial charge in [0.15, 0.2) is 5.65 Å². The number of para-hydroxylation sites is 1. The van der Waals surface area contributed by atoms with Crippen molar-refractivity contribution in [1.82, 2.24) is 19.5 Å². The number of aromatic nitrogens is 3. The molecule has 2 aromatic heterocycles. The number of aryl methyl sites for hydroxylation is 2. The summed E-state index contributed by atoms with van der Waals surface area (Å²) in [6.07, 6.45) is 1.12. The monoisotopic (exact) mass is 394 g/mol. The van der Waals surface area contributed by atoms with Gasteiger partial charge >= 0.3 is 0 Å². The standard InChI is InChI=1S/C22H26N4O3/c1-15-17(8-9-22(27)25-10-12-29-13-11-25)16(2)26-21(23-15)14-19(24-26)18-6-4-5-7-20(18)28-3/h4-7,14H,8-13H2,1-3H3. The number of rotatable bonds is 5. The zero-order valence-electron chi connectivity index (χ0n) is 17.1. The van der Waals surface area contributed by atoms with Gasteiger partial charge in [0, 0.05) is 42.5 Å². The highest BCUT2D eigenvalue weighted by atomic mass is 16.5. The maximum absolute atomic E-state index is 12.5. The van der Waals surface area contributed by atoms with Crippen molar-refractivity contribution in [3.05, 3.63) is 47.3 Å². The lowest BCUT2D eigenvalue weighted by Gasteiger charge is -2.27. The second-order valence-electron chi connectivity index (χ2n) is 7.25. The first-order valence-electron chi connectivity index (χ1n) is 9.93. The quantitative estimate of drug-likeness (QED) is 0.666. The summed E-state index contributed by atoms with van der Waals surface area (Å²) in [5.41, 5.74) is 5.58. The summed E-state index contributed by atoms with van der Waals surface area (Å²) in [4.78, 5) is 19.2. The molecule has 0 bridgehead atoms. The van der Waals surface area contributed by atoms with E-state index in [0.29, 0.717) is 39.1 Å². The summed E-state index contributed by atoms with van der Waals surface area (Å²) in [6.45, 7) is 6.63. The highest BCUT2D eigenvalue weighted by Gasteiger charge is 2.19. The molecule has 3 aromatic rings. The first-order valence-corrected chi connectivity index (χ1v) is 9.93. The van der Waals surface area contributed by atoms with E-state index in [4.69, 9.17) is 19.6 Å². The Morgan fingerprint density at radius 2 is 1.97 bits per heavy atom. The average Bonchev–Trinajstić information content (AvgIpc) is 3.18. The largest absolute Gasteiger partial charge is 0.496 e. The number of methoxy groups -OCH3 is 1. The van der Waals surface area contributed by atoms with Crippen molar-refractivity contribution in [3.8, 4) is 17.0 Å². The molecule has 1 aromatic carbocycles. The van der Waals surface area contributed by atoms with Gasteiger partial charge in [0.05, 0.1) is 26.0 Å². The van der Waals surface area contributed by atoms with Crippen molar-refractivity contribution in [1.29, 1.82) is 0 Å². The molecule has 3 heterocycles. The van der Waals surface area contributed by atoms with Gasteiger partial charge in [0.25, 0.3) is 0 Å². The van der Waals surface area contributed by atoms with Gasteiger partial charge in [-0.3, -0.25) is 4.79 Å². The predicted octanol–water partition coefficient (Wildman–Crippen LogP) is 2.81. The zero-order valence-corrected chi connectivity index (χ0v) is 17.1. The van der Waals surface area contributed by atoms with E-state index in [1.807, 2.05) is 53.6 Å². The minimum absolute atomic E-state index is 0.169. The summed E-state index contributed by atoms with van der Waals surface area (Å²) in [6, 6.07) is 9.80. The Labute approximate surface area is 170 Å². The lowest BCUT2D eigenvalue weighted by Crippen LogP contribution is -2.40. The maximum atomic E-state index is 12.5. The molecule has 0 N–H and O–H groups in total. The van der Waals surface area contributed by atoms with E-state index in [0.717, 1.165) is 39.6 Å². The van der Waals surface area contributed by atoms with Gasteiger partial charge in [-0.2, -0.15) is 5.10 Å². The lowest BCUT2D eigenvalue weighted by molar-refractivity contribution is -0.135. The number of hydrogen-bond acceptors (Lipinski definition) is 5. The van der Waals surface area contributed by atoms with Crippen LogP contribution in [0.5, 0.6) is 5.75 Å². The van der Waals surface area contributed by atoms with E-state index < -0.39 is 0 Å². The fourth-order valence-electron chi connectivity index (χ4n) is 3.88. The van der Waals surface area contributed by atoms with Crippen LogP contribution in [-0.2, 0) is 16.0 Å². The van der Waals surface area contributed by atoms with Crippen LogP contribution in [0, 0.1) is 13.8 Å². The van der Waals surface area contributed by atoms with Crippen molar-refractivity contribution >= 4 is 11.6 Å². The molecule has 29 heavy (non-hydrogen) atoms. The summed E-state index contributed by atoms with van der Waals surface area (Å²) in [7, 11) is 1.66. The van der Waals surface area contributed by atoms with E-state index in [-0.39, 0.29) is 5.91 Å². The van der Waals surface area contributed by atoms with Gasteiger partial charge in [-0.15, -0.1) is 0 Å². The maximum Gasteiger partial charge on any atom is 0.223 e. The molecule has 1 aliphatic rings.